The van der Waals surface area contributed by atoms with Crippen molar-refractivity contribution >= 4 is 23.4 Å². The van der Waals surface area contributed by atoms with Gasteiger partial charge in [0.1, 0.15) is 0 Å². The highest BCUT2D eigenvalue weighted by atomic mass is 16.1. The van der Waals surface area contributed by atoms with Crippen molar-refractivity contribution in [2.75, 3.05) is 5.32 Å². The van der Waals surface area contributed by atoms with Crippen molar-refractivity contribution in [3.8, 4) is 0 Å². The summed E-state index contributed by atoms with van der Waals surface area (Å²) in [5.74, 6) is -0.0897. The minimum Gasteiger partial charge on any atom is -0.326 e. The SMILES string of the molecule is CC(=O)Nc1ccccc1Cc1ccc(N=C=O)cc1. The second-order valence-electron chi connectivity index (χ2n) is 4.38. The maximum Gasteiger partial charge on any atom is 0.240 e. The van der Waals surface area contributed by atoms with Crippen molar-refractivity contribution in [3.05, 3.63) is 59.7 Å². The molecule has 0 aliphatic rings. The van der Waals surface area contributed by atoms with Gasteiger partial charge in [-0.2, -0.15) is 4.99 Å². The Labute approximate surface area is 117 Å². The zero-order valence-electron chi connectivity index (χ0n) is 11.1. The number of nitrogens with zero attached hydrogens (tertiary/aromatic N) is 1. The minimum atomic E-state index is -0.0897. The fourth-order valence-corrected chi connectivity index (χ4v) is 1.95. The van der Waals surface area contributed by atoms with Crippen LogP contribution in [0.4, 0.5) is 11.4 Å². The van der Waals surface area contributed by atoms with Gasteiger partial charge in [-0.15, -0.1) is 0 Å². The Morgan fingerprint density at radius 2 is 1.85 bits per heavy atom. The number of hydrogen-bond acceptors (Lipinski definition) is 3. The molecule has 0 fully saturated rings. The molecule has 0 bridgehead atoms. The minimum absolute atomic E-state index is 0.0897. The van der Waals surface area contributed by atoms with Crippen LogP contribution in [-0.4, -0.2) is 12.0 Å². The Morgan fingerprint density at radius 3 is 2.50 bits per heavy atom. The predicted octanol–water partition coefficient (Wildman–Crippen LogP) is 3.20. The maximum atomic E-state index is 11.2. The van der Waals surface area contributed by atoms with Crippen molar-refractivity contribution in [3.63, 3.8) is 0 Å². The van der Waals surface area contributed by atoms with Crippen LogP contribution in [0.15, 0.2) is 53.5 Å². The van der Waals surface area contributed by atoms with Gasteiger partial charge in [0, 0.05) is 12.6 Å². The number of amides is 1. The molecule has 0 aliphatic carbocycles. The molecule has 0 spiro atoms. The second kappa shape index (κ2) is 6.45. The summed E-state index contributed by atoms with van der Waals surface area (Å²) in [6, 6.07) is 15.0. The normalized spacial score (nSPS) is 9.65. The van der Waals surface area contributed by atoms with Crippen LogP contribution >= 0.6 is 0 Å². The van der Waals surface area contributed by atoms with E-state index in [0.29, 0.717) is 12.1 Å². The van der Waals surface area contributed by atoms with Crippen molar-refractivity contribution in [2.45, 2.75) is 13.3 Å². The molecule has 2 aromatic rings. The first-order chi connectivity index (χ1) is 9.69. The number of nitrogens with one attached hydrogen (secondary N) is 1. The fraction of sp³-hybridized carbons (Fsp3) is 0.125. The van der Waals surface area contributed by atoms with E-state index in [1.807, 2.05) is 36.4 Å². The molecule has 0 atom stereocenters. The second-order valence-corrected chi connectivity index (χ2v) is 4.38. The number of isocyanates is 1. The summed E-state index contributed by atoms with van der Waals surface area (Å²) in [7, 11) is 0. The average molecular weight is 266 g/mol. The molecule has 4 nitrogen and oxygen atoms in total. The standard InChI is InChI=1S/C16H14N2O2/c1-12(20)18-16-5-3-2-4-14(16)10-13-6-8-15(9-7-13)17-11-19/h2-9H,10H2,1H3,(H,18,20). The van der Waals surface area contributed by atoms with Gasteiger partial charge in [0.2, 0.25) is 12.0 Å². The predicted molar refractivity (Wildman–Crippen MR) is 77.8 cm³/mol. The summed E-state index contributed by atoms with van der Waals surface area (Å²) in [4.78, 5) is 24.9. The van der Waals surface area contributed by atoms with Gasteiger partial charge in [-0.3, -0.25) is 4.79 Å². The van der Waals surface area contributed by atoms with E-state index in [-0.39, 0.29) is 5.91 Å². The van der Waals surface area contributed by atoms with Gasteiger partial charge in [0.05, 0.1) is 5.69 Å². The van der Waals surface area contributed by atoms with Gasteiger partial charge >= 0.3 is 0 Å². The molecule has 0 saturated carbocycles. The molecule has 20 heavy (non-hydrogen) atoms. The zero-order chi connectivity index (χ0) is 14.4. The quantitative estimate of drug-likeness (QED) is 0.682. The molecule has 2 aromatic carbocycles. The molecule has 1 amide bonds. The van der Waals surface area contributed by atoms with Crippen LogP contribution in [0.5, 0.6) is 0 Å². The first kappa shape index (κ1) is 13.7. The van der Waals surface area contributed by atoms with Crippen LogP contribution in [0.3, 0.4) is 0 Å². The number of hydrogen-bond donors (Lipinski definition) is 1. The number of para-hydroxylation sites is 1. The van der Waals surface area contributed by atoms with E-state index < -0.39 is 0 Å². The van der Waals surface area contributed by atoms with Gasteiger partial charge in [-0.1, -0.05) is 30.3 Å². The lowest BCUT2D eigenvalue weighted by atomic mass is 10.0. The summed E-state index contributed by atoms with van der Waals surface area (Å²) < 4.78 is 0. The van der Waals surface area contributed by atoms with Crippen molar-refractivity contribution in [1.29, 1.82) is 0 Å². The summed E-state index contributed by atoms with van der Waals surface area (Å²) in [5.41, 5.74) is 3.51. The van der Waals surface area contributed by atoms with Crippen molar-refractivity contribution < 1.29 is 9.59 Å². The molecule has 0 aliphatic heterocycles. The average Bonchev–Trinajstić information content (AvgIpc) is 2.43. The highest BCUT2D eigenvalue weighted by molar-refractivity contribution is 5.89. The van der Waals surface area contributed by atoms with E-state index in [4.69, 9.17) is 0 Å². The third kappa shape index (κ3) is 3.64. The molecule has 0 saturated heterocycles. The van der Waals surface area contributed by atoms with E-state index in [1.54, 1.807) is 12.1 Å². The van der Waals surface area contributed by atoms with Gasteiger partial charge in [0.25, 0.3) is 0 Å². The van der Waals surface area contributed by atoms with E-state index >= 15 is 0 Å². The molecule has 4 heteroatoms. The van der Waals surface area contributed by atoms with E-state index in [0.717, 1.165) is 16.8 Å². The lowest BCUT2D eigenvalue weighted by Gasteiger charge is -2.09. The molecule has 0 heterocycles. The third-order valence-electron chi connectivity index (χ3n) is 2.83. The van der Waals surface area contributed by atoms with Crippen LogP contribution in [0.2, 0.25) is 0 Å². The number of benzene rings is 2. The smallest absolute Gasteiger partial charge is 0.240 e. The van der Waals surface area contributed by atoms with E-state index in [1.165, 1.54) is 13.0 Å². The molecule has 100 valence electrons. The lowest BCUT2D eigenvalue weighted by Crippen LogP contribution is -2.08. The van der Waals surface area contributed by atoms with Crippen LogP contribution < -0.4 is 5.32 Å². The molecular formula is C16H14N2O2. The summed E-state index contributed by atoms with van der Waals surface area (Å²) in [5, 5.41) is 2.82. The Hall–Kier alpha value is -2.71. The zero-order valence-corrected chi connectivity index (χ0v) is 11.1. The monoisotopic (exact) mass is 266 g/mol. The number of carbonyl (C=O) groups excluding carboxylic acids is 2. The largest absolute Gasteiger partial charge is 0.326 e. The van der Waals surface area contributed by atoms with Gasteiger partial charge in [0.15, 0.2) is 0 Å². The van der Waals surface area contributed by atoms with Gasteiger partial charge < -0.3 is 5.32 Å². The molecule has 2 rings (SSSR count). The van der Waals surface area contributed by atoms with Crippen LogP contribution in [-0.2, 0) is 16.0 Å². The Bertz CT molecular complexity index is 656. The third-order valence-corrected chi connectivity index (χ3v) is 2.83. The van der Waals surface area contributed by atoms with E-state index in [2.05, 4.69) is 10.3 Å². The number of carbonyl (C=O) groups is 1. The lowest BCUT2D eigenvalue weighted by molar-refractivity contribution is -0.114. The van der Waals surface area contributed by atoms with Crippen LogP contribution in [0.25, 0.3) is 0 Å². The molecular weight excluding hydrogens is 252 g/mol. The molecule has 0 aromatic heterocycles. The number of anilines is 1. The Kier molecular flexibility index (Phi) is 4.43. The van der Waals surface area contributed by atoms with Crippen LogP contribution in [0.1, 0.15) is 18.1 Å². The summed E-state index contributed by atoms with van der Waals surface area (Å²) >= 11 is 0. The van der Waals surface area contributed by atoms with Crippen molar-refractivity contribution in [1.82, 2.24) is 0 Å². The van der Waals surface area contributed by atoms with E-state index in [9.17, 15) is 9.59 Å². The van der Waals surface area contributed by atoms with Gasteiger partial charge in [-0.05, 0) is 35.7 Å². The topological polar surface area (TPSA) is 58.5 Å². The number of rotatable bonds is 4. The molecule has 0 radical (unpaired) electrons. The molecule has 0 unspecified atom stereocenters. The van der Waals surface area contributed by atoms with Gasteiger partial charge in [-0.25, -0.2) is 4.79 Å². The maximum absolute atomic E-state index is 11.2. The van der Waals surface area contributed by atoms with Crippen LogP contribution in [0, 0.1) is 0 Å². The Morgan fingerprint density at radius 1 is 1.15 bits per heavy atom. The summed E-state index contributed by atoms with van der Waals surface area (Å²) in [6.45, 7) is 1.49. The highest BCUT2D eigenvalue weighted by Crippen LogP contribution is 2.20. The Balaban J connectivity index is 2.21. The first-order valence-corrected chi connectivity index (χ1v) is 6.21. The first-order valence-electron chi connectivity index (χ1n) is 6.21. The molecule has 1 N–H and O–H groups in total. The number of aliphatic imine (C=N–C) groups is 1. The summed E-state index contributed by atoms with van der Waals surface area (Å²) in [6.07, 6.45) is 2.21. The highest BCUT2D eigenvalue weighted by Gasteiger charge is 2.04. The van der Waals surface area contributed by atoms with Crippen molar-refractivity contribution in [2.24, 2.45) is 4.99 Å². The fourth-order valence-electron chi connectivity index (χ4n) is 1.95.